The van der Waals surface area contributed by atoms with Gasteiger partial charge in [-0.15, -0.1) is 11.3 Å². The maximum atomic E-state index is 11.8. The van der Waals surface area contributed by atoms with Gasteiger partial charge in [0.2, 0.25) is 0 Å². The van der Waals surface area contributed by atoms with Gasteiger partial charge < -0.3 is 9.47 Å². The van der Waals surface area contributed by atoms with Crippen LogP contribution in [0.15, 0.2) is 42.7 Å². The van der Waals surface area contributed by atoms with Crippen molar-refractivity contribution in [2.24, 2.45) is 0 Å². The van der Waals surface area contributed by atoms with Gasteiger partial charge in [-0.05, 0) is 37.5 Å². The minimum atomic E-state index is -0.188. The van der Waals surface area contributed by atoms with Gasteiger partial charge in [-0.1, -0.05) is 12.1 Å². The van der Waals surface area contributed by atoms with E-state index >= 15 is 0 Å². The second-order valence-electron chi connectivity index (χ2n) is 5.68. The number of carbonyl (C=O) groups excluding carboxylic acids is 1. The molecular formula is C19H20N2O3S. The minimum Gasteiger partial charge on any atom is -0.495 e. The molecule has 2 heterocycles. The number of carbonyl (C=O) groups is 1. The number of para-hydroxylation sites is 1. The van der Waals surface area contributed by atoms with Crippen molar-refractivity contribution in [2.75, 3.05) is 7.11 Å². The third-order valence-electron chi connectivity index (χ3n) is 3.77. The van der Waals surface area contributed by atoms with Crippen LogP contribution >= 0.6 is 11.3 Å². The highest BCUT2D eigenvalue weighted by Gasteiger charge is 2.06. The molecule has 0 aliphatic carbocycles. The molecule has 1 aromatic carbocycles. The highest BCUT2D eigenvalue weighted by Crippen LogP contribution is 2.23. The van der Waals surface area contributed by atoms with Gasteiger partial charge >= 0.3 is 5.97 Å². The van der Waals surface area contributed by atoms with E-state index in [2.05, 4.69) is 16.0 Å². The number of rotatable bonds is 8. The summed E-state index contributed by atoms with van der Waals surface area (Å²) in [7, 11) is 1.58. The Balaban J connectivity index is 1.37. The molecule has 0 aliphatic rings. The van der Waals surface area contributed by atoms with Gasteiger partial charge in [-0.3, -0.25) is 9.78 Å². The summed E-state index contributed by atoms with van der Waals surface area (Å²) >= 11 is 1.72. The van der Waals surface area contributed by atoms with E-state index in [0.29, 0.717) is 12.2 Å². The number of pyridine rings is 1. The fraction of sp³-hybridized carbons (Fsp3) is 0.316. The zero-order chi connectivity index (χ0) is 17.5. The number of ether oxygens (including phenoxy) is 2. The van der Waals surface area contributed by atoms with Crippen LogP contribution in [0.25, 0.3) is 10.2 Å². The molecule has 3 aromatic rings. The predicted octanol–water partition coefficient (Wildman–Crippen LogP) is 4.16. The van der Waals surface area contributed by atoms with Gasteiger partial charge in [0.1, 0.15) is 12.4 Å². The van der Waals surface area contributed by atoms with E-state index in [1.807, 2.05) is 24.3 Å². The number of fused-ring (bicyclic) bond motifs is 1. The summed E-state index contributed by atoms with van der Waals surface area (Å²) in [5, 5.41) is 1.12. The largest absolute Gasteiger partial charge is 0.495 e. The molecule has 0 aliphatic heterocycles. The molecule has 0 N–H and O–H groups in total. The van der Waals surface area contributed by atoms with E-state index in [-0.39, 0.29) is 12.6 Å². The molecule has 6 heteroatoms. The number of hydrogen-bond donors (Lipinski definition) is 0. The van der Waals surface area contributed by atoms with Crippen LogP contribution in [0, 0.1) is 0 Å². The Kier molecular flexibility index (Phi) is 5.95. The van der Waals surface area contributed by atoms with Crippen molar-refractivity contribution in [2.45, 2.75) is 32.3 Å². The van der Waals surface area contributed by atoms with E-state index in [1.54, 1.807) is 30.8 Å². The van der Waals surface area contributed by atoms with Crippen molar-refractivity contribution >= 4 is 27.5 Å². The molecule has 3 rings (SSSR count). The Morgan fingerprint density at radius 2 is 2.08 bits per heavy atom. The number of nitrogens with zero attached hydrogens (tertiary/aromatic N) is 2. The number of benzene rings is 1. The first-order chi connectivity index (χ1) is 12.2. The second-order valence-corrected chi connectivity index (χ2v) is 6.79. The highest BCUT2D eigenvalue weighted by atomic mass is 32.1. The molecule has 5 nitrogen and oxygen atoms in total. The monoisotopic (exact) mass is 356 g/mol. The Morgan fingerprint density at radius 1 is 1.20 bits per heavy atom. The first-order valence-corrected chi connectivity index (χ1v) is 9.04. The lowest BCUT2D eigenvalue weighted by atomic mass is 10.2. The topological polar surface area (TPSA) is 61.3 Å². The van der Waals surface area contributed by atoms with Crippen molar-refractivity contribution in [3.05, 3.63) is 53.3 Å². The average Bonchev–Trinajstić information content (AvgIpc) is 3.06. The molecule has 0 saturated heterocycles. The number of esters is 1. The first-order valence-electron chi connectivity index (χ1n) is 8.22. The Labute approximate surface area is 150 Å². The number of thiazole rings is 1. The van der Waals surface area contributed by atoms with Crippen molar-refractivity contribution in [3.63, 3.8) is 0 Å². The lowest BCUT2D eigenvalue weighted by Crippen LogP contribution is -2.05. The molecule has 0 saturated carbocycles. The summed E-state index contributed by atoms with van der Waals surface area (Å²) < 4.78 is 11.6. The van der Waals surface area contributed by atoms with Gasteiger partial charge in [0.05, 0.1) is 28.5 Å². The number of hydrogen-bond acceptors (Lipinski definition) is 6. The normalized spacial score (nSPS) is 10.8. The molecule has 130 valence electrons. The van der Waals surface area contributed by atoms with Crippen molar-refractivity contribution < 1.29 is 14.3 Å². The Bertz CT molecular complexity index is 814. The maximum absolute atomic E-state index is 11.8. The van der Waals surface area contributed by atoms with Gasteiger partial charge in [0.25, 0.3) is 0 Å². The Morgan fingerprint density at radius 3 is 2.92 bits per heavy atom. The van der Waals surface area contributed by atoms with Gasteiger partial charge in [0.15, 0.2) is 0 Å². The highest BCUT2D eigenvalue weighted by molar-refractivity contribution is 7.18. The first kappa shape index (κ1) is 17.4. The molecule has 25 heavy (non-hydrogen) atoms. The summed E-state index contributed by atoms with van der Waals surface area (Å²) in [4.78, 5) is 20.5. The third kappa shape index (κ3) is 5.00. The van der Waals surface area contributed by atoms with Crippen LogP contribution in [-0.4, -0.2) is 23.0 Å². The molecule has 0 radical (unpaired) electrons. The number of unbranched alkanes of at least 4 members (excludes halogenated alkanes) is 1. The van der Waals surface area contributed by atoms with Crippen LogP contribution in [0.4, 0.5) is 0 Å². The van der Waals surface area contributed by atoms with Crippen molar-refractivity contribution in [3.8, 4) is 5.75 Å². The van der Waals surface area contributed by atoms with Gasteiger partial charge in [-0.25, -0.2) is 4.98 Å². The van der Waals surface area contributed by atoms with Crippen LogP contribution in [0.1, 0.15) is 29.8 Å². The van der Waals surface area contributed by atoms with Gasteiger partial charge in [-0.2, -0.15) is 0 Å². The fourth-order valence-electron chi connectivity index (χ4n) is 2.46. The molecule has 0 unspecified atom stereocenters. The van der Waals surface area contributed by atoms with Crippen molar-refractivity contribution in [1.82, 2.24) is 9.97 Å². The van der Waals surface area contributed by atoms with E-state index in [1.165, 1.54) is 4.70 Å². The minimum absolute atomic E-state index is 0.188. The van der Waals surface area contributed by atoms with E-state index in [0.717, 1.165) is 35.4 Å². The van der Waals surface area contributed by atoms with Crippen LogP contribution in [0.2, 0.25) is 0 Å². The van der Waals surface area contributed by atoms with E-state index in [9.17, 15) is 4.79 Å². The molecule has 2 aromatic heterocycles. The second kappa shape index (κ2) is 8.58. The Hall–Kier alpha value is -2.47. The van der Waals surface area contributed by atoms with Crippen LogP contribution in [-0.2, 0) is 22.6 Å². The molecule has 0 amide bonds. The van der Waals surface area contributed by atoms with Crippen LogP contribution in [0.3, 0.4) is 0 Å². The molecule has 0 atom stereocenters. The zero-order valence-electron chi connectivity index (χ0n) is 14.1. The fourth-order valence-corrected chi connectivity index (χ4v) is 3.47. The zero-order valence-corrected chi connectivity index (χ0v) is 14.9. The molecule has 0 bridgehead atoms. The lowest BCUT2D eigenvalue weighted by molar-refractivity contribution is -0.145. The number of methoxy groups -OCH3 is 1. The molecule has 0 spiro atoms. The summed E-state index contributed by atoms with van der Waals surface area (Å²) in [6, 6.07) is 9.95. The predicted molar refractivity (Wildman–Crippen MR) is 97.8 cm³/mol. The molecule has 0 fully saturated rings. The average molecular weight is 356 g/mol. The molecular weight excluding hydrogens is 336 g/mol. The number of aromatic nitrogens is 2. The summed E-state index contributed by atoms with van der Waals surface area (Å²) in [5.41, 5.74) is 1.87. The SMILES string of the molecule is COc1cncc(COC(=O)CCCCc2nc3ccccc3s2)c1. The maximum Gasteiger partial charge on any atom is 0.306 e. The van der Waals surface area contributed by atoms with Crippen LogP contribution < -0.4 is 4.74 Å². The summed E-state index contributed by atoms with van der Waals surface area (Å²) in [5.74, 6) is 0.469. The summed E-state index contributed by atoms with van der Waals surface area (Å²) in [6.45, 7) is 0.223. The van der Waals surface area contributed by atoms with E-state index < -0.39 is 0 Å². The van der Waals surface area contributed by atoms with Gasteiger partial charge in [0, 0.05) is 18.2 Å². The van der Waals surface area contributed by atoms with Crippen molar-refractivity contribution in [1.29, 1.82) is 0 Å². The van der Waals surface area contributed by atoms with E-state index in [4.69, 9.17) is 9.47 Å². The quantitative estimate of drug-likeness (QED) is 0.448. The summed E-state index contributed by atoms with van der Waals surface area (Å²) in [6.07, 6.45) is 6.33. The smallest absolute Gasteiger partial charge is 0.306 e. The lowest BCUT2D eigenvalue weighted by Gasteiger charge is -2.06. The number of aryl methyl sites for hydroxylation is 1. The standard InChI is InChI=1S/C19H20N2O3S/c1-23-15-10-14(11-20-12-15)13-24-19(22)9-5-4-8-18-21-16-6-2-3-7-17(16)25-18/h2-3,6-7,10-12H,4-5,8-9,13H2,1H3. The van der Waals surface area contributed by atoms with Crippen LogP contribution in [0.5, 0.6) is 5.75 Å². The third-order valence-corrected chi connectivity index (χ3v) is 4.86.